The van der Waals surface area contributed by atoms with Crippen LogP contribution in [0.15, 0.2) is 48.7 Å². The Hall–Kier alpha value is -3.96. The minimum absolute atomic E-state index is 0.340. The quantitative estimate of drug-likeness (QED) is 0.541. The standard InChI is InChI=1S/C22H19N7O/c1-13-4-2-3-5-17(13)19-6-14-7-20(25-10-18(14)22(24)26-19)27-21-8-15-11-30-12-16(9-23)29(15)28-21/h2-8,10,16H,11-12H2,1H3,(H2,24,26)(H,25,27,28)/t16-/m1/s1. The zero-order valence-corrected chi connectivity index (χ0v) is 16.3. The van der Waals surface area contributed by atoms with Crippen LogP contribution in [0.5, 0.6) is 0 Å². The van der Waals surface area contributed by atoms with E-state index in [1.54, 1.807) is 10.9 Å². The van der Waals surface area contributed by atoms with Gasteiger partial charge in [-0.1, -0.05) is 24.3 Å². The fraction of sp³-hybridized carbons (Fsp3) is 0.182. The molecule has 1 atom stereocenters. The fourth-order valence-corrected chi connectivity index (χ4v) is 3.68. The van der Waals surface area contributed by atoms with Gasteiger partial charge in [-0.05, 0) is 30.0 Å². The average molecular weight is 397 g/mol. The molecule has 0 amide bonds. The minimum atomic E-state index is -0.420. The van der Waals surface area contributed by atoms with Crippen LogP contribution < -0.4 is 11.1 Å². The Kier molecular flexibility index (Phi) is 4.30. The summed E-state index contributed by atoms with van der Waals surface area (Å²) in [6.45, 7) is 2.82. The largest absolute Gasteiger partial charge is 0.383 e. The van der Waals surface area contributed by atoms with Crippen molar-refractivity contribution in [1.29, 1.82) is 5.26 Å². The van der Waals surface area contributed by atoms with Crippen molar-refractivity contribution in [3.63, 3.8) is 0 Å². The maximum Gasteiger partial charge on any atom is 0.162 e. The van der Waals surface area contributed by atoms with Crippen LogP contribution in [0.2, 0.25) is 0 Å². The molecule has 148 valence electrons. The first-order valence-corrected chi connectivity index (χ1v) is 9.57. The lowest BCUT2D eigenvalue weighted by Gasteiger charge is -2.18. The normalized spacial score (nSPS) is 15.5. The van der Waals surface area contributed by atoms with Crippen molar-refractivity contribution in [3.05, 3.63) is 59.9 Å². The molecule has 1 aliphatic rings. The van der Waals surface area contributed by atoms with Crippen molar-refractivity contribution in [2.24, 2.45) is 0 Å². The minimum Gasteiger partial charge on any atom is -0.383 e. The van der Waals surface area contributed by atoms with E-state index in [0.717, 1.165) is 33.3 Å². The molecule has 4 aromatic rings. The molecule has 1 aromatic carbocycles. The molecule has 8 nitrogen and oxygen atoms in total. The van der Waals surface area contributed by atoms with Crippen molar-refractivity contribution >= 4 is 28.2 Å². The number of nitriles is 1. The topological polar surface area (TPSA) is 115 Å². The first-order valence-electron chi connectivity index (χ1n) is 9.57. The van der Waals surface area contributed by atoms with Crippen LogP contribution in [0.1, 0.15) is 17.3 Å². The number of nitrogens with one attached hydrogen (secondary N) is 1. The number of hydrogen-bond acceptors (Lipinski definition) is 7. The van der Waals surface area contributed by atoms with Crippen LogP contribution in [0.3, 0.4) is 0 Å². The molecule has 30 heavy (non-hydrogen) atoms. The van der Waals surface area contributed by atoms with Gasteiger partial charge in [-0.3, -0.25) is 0 Å². The SMILES string of the molecule is Cc1ccccc1-c1cc2cc(Nc3cc4n(n3)[C@H](C#N)COC4)ncc2c(N)n1. The van der Waals surface area contributed by atoms with E-state index in [-0.39, 0.29) is 0 Å². The van der Waals surface area contributed by atoms with Crippen LogP contribution in [-0.2, 0) is 11.3 Å². The number of benzene rings is 1. The van der Waals surface area contributed by atoms with Crippen LogP contribution in [0, 0.1) is 18.3 Å². The Balaban J connectivity index is 1.51. The molecule has 4 heterocycles. The van der Waals surface area contributed by atoms with Gasteiger partial charge in [-0.2, -0.15) is 10.4 Å². The summed E-state index contributed by atoms with van der Waals surface area (Å²) in [6.07, 6.45) is 1.71. The summed E-state index contributed by atoms with van der Waals surface area (Å²) >= 11 is 0. The van der Waals surface area contributed by atoms with Gasteiger partial charge in [0.2, 0.25) is 0 Å². The van der Waals surface area contributed by atoms with Gasteiger partial charge >= 0.3 is 0 Å². The molecule has 8 heteroatoms. The first kappa shape index (κ1) is 18.1. The summed E-state index contributed by atoms with van der Waals surface area (Å²) in [5, 5.41) is 18.7. The lowest BCUT2D eigenvalue weighted by atomic mass is 10.0. The van der Waals surface area contributed by atoms with Gasteiger partial charge in [-0.15, -0.1) is 0 Å². The van der Waals surface area contributed by atoms with Crippen LogP contribution in [0.25, 0.3) is 22.0 Å². The molecule has 5 rings (SSSR count). The number of rotatable bonds is 3. The number of aryl methyl sites for hydroxylation is 1. The Morgan fingerprint density at radius 1 is 1.23 bits per heavy atom. The lowest BCUT2D eigenvalue weighted by molar-refractivity contribution is 0.0681. The zero-order valence-electron chi connectivity index (χ0n) is 16.3. The van der Waals surface area contributed by atoms with E-state index in [4.69, 9.17) is 10.5 Å². The third kappa shape index (κ3) is 3.11. The average Bonchev–Trinajstić information content (AvgIpc) is 3.16. The highest BCUT2D eigenvalue weighted by Gasteiger charge is 2.22. The van der Waals surface area contributed by atoms with Crippen molar-refractivity contribution in [3.8, 4) is 17.3 Å². The summed E-state index contributed by atoms with van der Waals surface area (Å²) in [5.74, 6) is 1.69. The number of nitrogens with two attached hydrogens (primary N) is 1. The van der Waals surface area contributed by atoms with Gasteiger partial charge in [0.25, 0.3) is 0 Å². The predicted molar refractivity (Wildman–Crippen MR) is 114 cm³/mol. The molecule has 0 spiro atoms. The van der Waals surface area contributed by atoms with Gasteiger partial charge in [0.1, 0.15) is 11.6 Å². The van der Waals surface area contributed by atoms with Crippen molar-refractivity contribution in [2.45, 2.75) is 19.6 Å². The number of ether oxygens (including phenoxy) is 1. The summed E-state index contributed by atoms with van der Waals surface area (Å²) in [7, 11) is 0. The van der Waals surface area contributed by atoms with Gasteiger partial charge in [0, 0.05) is 23.2 Å². The van der Waals surface area contributed by atoms with Crippen LogP contribution >= 0.6 is 0 Å². The summed E-state index contributed by atoms with van der Waals surface area (Å²) in [4.78, 5) is 9.02. The predicted octanol–water partition coefficient (Wildman–Crippen LogP) is 3.72. The van der Waals surface area contributed by atoms with Crippen molar-refractivity contribution < 1.29 is 4.74 Å². The van der Waals surface area contributed by atoms with E-state index < -0.39 is 6.04 Å². The Bertz CT molecular complexity index is 1300. The molecular formula is C22H19N7O. The van der Waals surface area contributed by atoms with E-state index in [1.807, 2.05) is 36.4 Å². The number of anilines is 3. The second-order valence-electron chi connectivity index (χ2n) is 7.25. The Morgan fingerprint density at radius 2 is 2.10 bits per heavy atom. The maximum atomic E-state index is 9.28. The fourth-order valence-electron chi connectivity index (χ4n) is 3.68. The molecule has 1 aliphatic heterocycles. The molecule has 0 unspecified atom stereocenters. The molecular weight excluding hydrogens is 378 g/mol. The highest BCUT2D eigenvalue weighted by atomic mass is 16.5. The maximum absolute atomic E-state index is 9.28. The first-order chi connectivity index (χ1) is 14.6. The van der Waals surface area contributed by atoms with Gasteiger partial charge in [-0.25, -0.2) is 14.6 Å². The lowest BCUT2D eigenvalue weighted by Crippen LogP contribution is -2.23. The van der Waals surface area contributed by atoms with E-state index in [1.165, 1.54) is 0 Å². The second-order valence-corrected chi connectivity index (χ2v) is 7.25. The molecule has 0 aliphatic carbocycles. The number of nitrogens with zero attached hydrogens (tertiary/aromatic N) is 5. The van der Waals surface area contributed by atoms with E-state index in [9.17, 15) is 5.26 Å². The highest BCUT2D eigenvalue weighted by molar-refractivity contribution is 5.94. The Labute approximate surface area is 172 Å². The van der Waals surface area contributed by atoms with Gasteiger partial charge in [0.15, 0.2) is 11.9 Å². The van der Waals surface area contributed by atoms with Crippen LogP contribution in [-0.4, -0.2) is 26.4 Å². The summed E-state index contributed by atoms with van der Waals surface area (Å²) in [5.41, 5.74) is 10.1. The third-order valence-electron chi connectivity index (χ3n) is 5.21. The van der Waals surface area contributed by atoms with Crippen molar-refractivity contribution in [1.82, 2.24) is 19.7 Å². The molecule has 0 bridgehead atoms. The number of aromatic nitrogens is 4. The van der Waals surface area contributed by atoms with E-state index in [2.05, 4.69) is 39.4 Å². The summed E-state index contributed by atoms with van der Waals surface area (Å²) < 4.78 is 7.15. The van der Waals surface area contributed by atoms with Crippen molar-refractivity contribution in [2.75, 3.05) is 17.7 Å². The molecule has 0 fully saturated rings. The van der Waals surface area contributed by atoms with Gasteiger partial charge in [0.05, 0.1) is 30.7 Å². The molecule has 3 aromatic heterocycles. The van der Waals surface area contributed by atoms with Crippen LogP contribution in [0.4, 0.5) is 17.5 Å². The number of hydrogen-bond donors (Lipinski definition) is 2. The third-order valence-corrected chi connectivity index (χ3v) is 5.21. The molecule has 0 saturated carbocycles. The second kappa shape index (κ2) is 7.13. The Morgan fingerprint density at radius 3 is 2.93 bits per heavy atom. The molecule has 3 N–H and O–H groups in total. The summed E-state index contributed by atoms with van der Waals surface area (Å²) in [6, 6.07) is 15.7. The number of nitrogen functional groups attached to an aromatic ring is 1. The smallest absolute Gasteiger partial charge is 0.162 e. The van der Waals surface area contributed by atoms with Gasteiger partial charge < -0.3 is 15.8 Å². The zero-order chi connectivity index (χ0) is 20.7. The molecule has 0 radical (unpaired) electrons. The van der Waals surface area contributed by atoms with E-state index in [0.29, 0.717) is 30.7 Å². The van der Waals surface area contributed by atoms with E-state index >= 15 is 0 Å². The number of pyridine rings is 2. The monoisotopic (exact) mass is 397 g/mol. The number of fused-ring (bicyclic) bond motifs is 2. The highest BCUT2D eigenvalue weighted by Crippen LogP contribution is 2.30. The molecule has 0 saturated heterocycles.